The molecular weight excluding hydrogens is 450 g/mol. The number of aryl methyl sites for hydroxylation is 1. The Balaban J connectivity index is 1.32. The van der Waals surface area contributed by atoms with Crippen molar-refractivity contribution in [2.24, 2.45) is 0 Å². The van der Waals surface area contributed by atoms with Crippen molar-refractivity contribution in [3.63, 3.8) is 0 Å². The number of carbonyl (C=O) groups excluding carboxylic acids is 2. The molecule has 10 nitrogen and oxygen atoms in total. The van der Waals surface area contributed by atoms with Crippen LogP contribution in [0, 0.1) is 6.92 Å². The number of aromatic nitrogens is 3. The summed E-state index contributed by atoms with van der Waals surface area (Å²) in [4.78, 5) is 35.9. The highest BCUT2D eigenvalue weighted by molar-refractivity contribution is 6.03. The van der Waals surface area contributed by atoms with Gasteiger partial charge >= 0.3 is 0 Å². The van der Waals surface area contributed by atoms with Crippen molar-refractivity contribution in [1.82, 2.24) is 20.4 Å². The van der Waals surface area contributed by atoms with Gasteiger partial charge in [-0.05, 0) is 36.4 Å². The van der Waals surface area contributed by atoms with Crippen LogP contribution in [0.1, 0.15) is 16.4 Å². The highest BCUT2D eigenvalue weighted by Gasteiger charge is 2.31. The van der Waals surface area contributed by atoms with Gasteiger partial charge in [0.25, 0.3) is 11.8 Å². The van der Waals surface area contributed by atoms with E-state index in [1.807, 2.05) is 18.2 Å². The van der Waals surface area contributed by atoms with E-state index in [9.17, 15) is 9.59 Å². The van der Waals surface area contributed by atoms with E-state index in [4.69, 9.17) is 14.0 Å². The van der Waals surface area contributed by atoms with Crippen LogP contribution < -0.4 is 19.7 Å². The van der Waals surface area contributed by atoms with E-state index >= 15 is 0 Å². The predicted octanol–water partition coefficient (Wildman–Crippen LogP) is 3.39. The Morgan fingerprint density at radius 3 is 2.71 bits per heavy atom. The van der Waals surface area contributed by atoms with Crippen LogP contribution in [0.2, 0.25) is 0 Å². The molecule has 5 rings (SSSR count). The van der Waals surface area contributed by atoms with Crippen LogP contribution >= 0.6 is 0 Å². The molecule has 1 aliphatic rings. The van der Waals surface area contributed by atoms with Crippen LogP contribution in [0.4, 0.5) is 5.69 Å². The molecule has 2 aromatic carbocycles. The Kier molecular flexibility index (Phi) is 5.84. The van der Waals surface area contributed by atoms with Crippen molar-refractivity contribution < 1.29 is 23.6 Å². The van der Waals surface area contributed by atoms with Crippen LogP contribution in [0.3, 0.4) is 0 Å². The number of nitrogens with zero attached hydrogens (tertiary/aromatic N) is 4. The van der Waals surface area contributed by atoms with Crippen LogP contribution in [0.25, 0.3) is 11.4 Å². The lowest BCUT2D eigenvalue weighted by molar-refractivity contribution is -0.120. The van der Waals surface area contributed by atoms with E-state index in [1.165, 1.54) is 17.2 Å². The number of carbonyl (C=O) groups is 2. The van der Waals surface area contributed by atoms with Gasteiger partial charge in [0, 0.05) is 31.8 Å². The Hall–Kier alpha value is -4.73. The summed E-state index contributed by atoms with van der Waals surface area (Å²) in [6.45, 7) is 1.66. The van der Waals surface area contributed by atoms with Gasteiger partial charge in [0.05, 0.1) is 5.69 Å². The second-order valence-electron chi connectivity index (χ2n) is 7.85. The topological polar surface area (TPSA) is 120 Å². The van der Waals surface area contributed by atoms with Crippen molar-refractivity contribution in [2.45, 2.75) is 13.0 Å². The van der Waals surface area contributed by atoms with Crippen molar-refractivity contribution in [1.29, 1.82) is 0 Å². The molecule has 2 aromatic heterocycles. The Morgan fingerprint density at radius 2 is 1.94 bits per heavy atom. The highest BCUT2D eigenvalue weighted by Crippen LogP contribution is 2.34. The third-order valence-electron chi connectivity index (χ3n) is 5.39. The van der Waals surface area contributed by atoms with Gasteiger partial charge in [-0.2, -0.15) is 4.98 Å². The molecule has 0 spiro atoms. The van der Waals surface area contributed by atoms with Crippen molar-refractivity contribution in [2.75, 3.05) is 18.6 Å². The zero-order valence-corrected chi connectivity index (χ0v) is 19.0. The quantitative estimate of drug-likeness (QED) is 0.470. The maximum atomic E-state index is 13.2. The third kappa shape index (κ3) is 4.67. The number of amides is 2. The highest BCUT2D eigenvalue weighted by atomic mass is 16.5. The minimum atomic E-state index is -0.920. The minimum absolute atomic E-state index is 0.0389. The smallest absolute Gasteiger partial charge is 0.270 e. The molecule has 2 amide bonds. The average molecular weight is 471 g/mol. The fraction of sp³-hybridized carbons (Fsp3) is 0.160. The molecule has 1 atom stereocenters. The summed E-state index contributed by atoms with van der Waals surface area (Å²) in [7, 11) is 1.62. The number of likely N-dealkylation sites (N-methyl/N-ethyl adjacent to an activating group) is 1. The van der Waals surface area contributed by atoms with Crippen LogP contribution in [-0.2, 0) is 4.79 Å². The number of hydrogen-bond donors (Lipinski definition) is 1. The number of benzene rings is 2. The van der Waals surface area contributed by atoms with Gasteiger partial charge in [-0.25, -0.2) is 0 Å². The van der Waals surface area contributed by atoms with Crippen LogP contribution in [0.15, 0.2) is 71.4 Å². The van der Waals surface area contributed by atoms with Crippen molar-refractivity contribution in [3.05, 3.63) is 78.4 Å². The molecular formula is C25H21N5O5. The molecule has 10 heteroatoms. The molecule has 0 aliphatic carbocycles. The molecule has 0 bridgehead atoms. The molecule has 1 aliphatic heterocycles. The van der Waals surface area contributed by atoms with Gasteiger partial charge in [-0.3, -0.25) is 14.6 Å². The van der Waals surface area contributed by atoms with Gasteiger partial charge in [-0.1, -0.05) is 23.4 Å². The van der Waals surface area contributed by atoms with Gasteiger partial charge in [-0.15, -0.1) is 0 Å². The van der Waals surface area contributed by atoms with E-state index in [0.717, 1.165) is 0 Å². The molecule has 0 radical (unpaired) electrons. The first-order valence-electron chi connectivity index (χ1n) is 10.8. The lowest BCUT2D eigenvalue weighted by Gasteiger charge is -2.20. The number of para-hydroxylation sites is 1. The molecule has 176 valence electrons. The maximum Gasteiger partial charge on any atom is 0.270 e. The first kappa shape index (κ1) is 22.1. The largest absolute Gasteiger partial charge is 0.489 e. The molecule has 35 heavy (non-hydrogen) atoms. The minimum Gasteiger partial charge on any atom is -0.489 e. The van der Waals surface area contributed by atoms with Crippen molar-refractivity contribution in [3.8, 4) is 28.6 Å². The number of anilines is 1. The Labute approximate surface area is 200 Å². The third-order valence-corrected chi connectivity index (χ3v) is 5.39. The van der Waals surface area contributed by atoms with Crippen molar-refractivity contribution >= 4 is 17.5 Å². The fourth-order valence-corrected chi connectivity index (χ4v) is 3.61. The van der Waals surface area contributed by atoms with Gasteiger partial charge < -0.3 is 24.2 Å². The number of rotatable bonds is 5. The van der Waals surface area contributed by atoms with E-state index in [1.54, 1.807) is 50.4 Å². The van der Waals surface area contributed by atoms with Gasteiger partial charge in [0.2, 0.25) is 11.7 Å². The van der Waals surface area contributed by atoms with Crippen LogP contribution in [0.5, 0.6) is 17.2 Å². The molecule has 0 saturated carbocycles. The number of hydrogen-bond acceptors (Lipinski definition) is 8. The zero-order chi connectivity index (χ0) is 24.4. The number of ether oxygens (including phenoxy) is 2. The monoisotopic (exact) mass is 471 g/mol. The molecule has 3 heterocycles. The first-order chi connectivity index (χ1) is 17.0. The standard InChI is InChI=1S/C25H21N5O5/c1-15-27-23(29-35-15)16-8-9-22-21(12-16)30(2)25(32)20(14-33-22)28-24(31)19-13-18(10-11-26-19)34-17-6-4-3-5-7-17/h3-13,20H,14H2,1-2H3,(H,28,31)/t20-/m0/s1. The number of pyridine rings is 1. The lowest BCUT2D eigenvalue weighted by atomic mass is 10.1. The normalized spacial score (nSPS) is 15.1. The maximum absolute atomic E-state index is 13.2. The molecule has 4 aromatic rings. The summed E-state index contributed by atoms with van der Waals surface area (Å²) in [5, 5.41) is 6.64. The number of fused-ring (bicyclic) bond motifs is 1. The number of nitrogens with one attached hydrogen (secondary N) is 1. The summed E-state index contributed by atoms with van der Waals surface area (Å²) in [6.07, 6.45) is 1.47. The fourth-order valence-electron chi connectivity index (χ4n) is 3.61. The first-order valence-corrected chi connectivity index (χ1v) is 10.8. The zero-order valence-electron chi connectivity index (χ0n) is 19.0. The lowest BCUT2D eigenvalue weighted by Crippen LogP contribution is -2.49. The molecule has 0 saturated heterocycles. The second-order valence-corrected chi connectivity index (χ2v) is 7.85. The molecule has 1 N–H and O–H groups in total. The molecule has 0 unspecified atom stereocenters. The SMILES string of the molecule is Cc1nc(-c2ccc3c(c2)N(C)C(=O)[C@@H](NC(=O)c2cc(Oc4ccccc4)ccn2)CO3)no1. The second kappa shape index (κ2) is 9.26. The Bertz CT molecular complexity index is 1390. The molecule has 0 fully saturated rings. The van der Waals surface area contributed by atoms with Gasteiger partial charge in [0.1, 0.15) is 35.6 Å². The van der Waals surface area contributed by atoms with E-state index in [2.05, 4.69) is 20.4 Å². The summed E-state index contributed by atoms with van der Waals surface area (Å²) >= 11 is 0. The summed E-state index contributed by atoms with van der Waals surface area (Å²) in [5.74, 6) is 1.57. The van der Waals surface area contributed by atoms with Crippen LogP contribution in [-0.4, -0.2) is 46.6 Å². The average Bonchev–Trinajstić information content (AvgIpc) is 3.28. The van der Waals surface area contributed by atoms with E-state index < -0.39 is 11.9 Å². The van der Waals surface area contributed by atoms with Gasteiger partial charge in [0.15, 0.2) is 0 Å². The predicted molar refractivity (Wildman–Crippen MR) is 125 cm³/mol. The van der Waals surface area contributed by atoms with E-state index in [0.29, 0.717) is 40.2 Å². The summed E-state index contributed by atoms with van der Waals surface area (Å²) in [5.41, 5.74) is 1.32. The summed E-state index contributed by atoms with van der Waals surface area (Å²) < 4.78 is 16.7. The summed E-state index contributed by atoms with van der Waals surface area (Å²) in [6, 6.07) is 16.7. The Morgan fingerprint density at radius 1 is 1.11 bits per heavy atom. The van der Waals surface area contributed by atoms with E-state index in [-0.39, 0.29) is 18.2 Å².